The zero-order chi connectivity index (χ0) is 21.3. The summed E-state index contributed by atoms with van der Waals surface area (Å²) in [5.74, 6) is 1.31. The number of nitrogens with one attached hydrogen (secondary N) is 2. The molecule has 0 aliphatic carbocycles. The van der Waals surface area contributed by atoms with Gasteiger partial charge in [-0.25, -0.2) is 4.79 Å². The van der Waals surface area contributed by atoms with E-state index >= 15 is 0 Å². The maximum absolute atomic E-state index is 12.6. The normalized spacial score (nSPS) is 15.4. The number of aryl methyl sites for hydroxylation is 2. The van der Waals surface area contributed by atoms with Crippen LogP contribution in [0.2, 0.25) is 0 Å². The lowest BCUT2D eigenvalue weighted by Gasteiger charge is -2.33. The number of anilines is 1. The maximum Gasteiger partial charge on any atom is 0.329 e. The number of quaternary nitrogens is 1. The molecule has 4 rings (SSSR count). The molecule has 0 radical (unpaired) electrons. The van der Waals surface area contributed by atoms with Crippen molar-refractivity contribution < 1.29 is 4.90 Å². The van der Waals surface area contributed by atoms with Crippen LogP contribution in [0.5, 0.6) is 0 Å². The van der Waals surface area contributed by atoms with Gasteiger partial charge in [0.15, 0.2) is 11.2 Å². The number of hydrogen-bond donors (Lipinski definition) is 2. The zero-order valence-electron chi connectivity index (χ0n) is 18.0. The van der Waals surface area contributed by atoms with Gasteiger partial charge in [-0.3, -0.25) is 14.3 Å². The van der Waals surface area contributed by atoms with E-state index in [9.17, 15) is 9.59 Å². The van der Waals surface area contributed by atoms with Crippen molar-refractivity contribution in [1.82, 2.24) is 19.1 Å². The lowest BCUT2D eigenvalue weighted by atomic mass is 10.1. The van der Waals surface area contributed by atoms with Gasteiger partial charge in [0.2, 0.25) is 5.95 Å². The van der Waals surface area contributed by atoms with Crippen LogP contribution in [0.25, 0.3) is 11.2 Å². The Labute approximate surface area is 175 Å². The van der Waals surface area contributed by atoms with E-state index < -0.39 is 5.69 Å². The second-order valence-electron chi connectivity index (χ2n) is 8.64. The number of imidazole rings is 1. The molecule has 3 aromatic rings. The summed E-state index contributed by atoms with van der Waals surface area (Å²) in [7, 11) is 1.66. The first-order valence-electron chi connectivity index (χ1n) is 10.8. The van der Waals surface area contributed by atoms with E-state index in [0.717, 1.165) is 45.1 Å². The topological polar surface area (TPSA) is 80.4 Å². The molecule has 0 bridgehead atoms. The third kappa shape index (κ3) is 4.05. The summed E-state index contributed by atoms with van der Waals surface area (Å²) >= 11 is 0. The Morgan fingerprint density at radius 2 is 1.83 bits per heavy atom. The Kier molecular flexibility index (Phi) is 5.76. The zero-order valence-corrected chi connectivity index (χ0v) is 18.0. The Balaban J connectivity index is 1.61. The van der Waals surface area contributed by atoms with Crippen LogP contribution in [0.15, 0.2) is 39.9 Å². The highest BCUT2D eigenvalue weighted by atomic mass is 16.2. The molecular formula is C22H31N6O2+. The van der Waals surface area contributed by atoms with E-state index in [-0.39, 0.29) is 5.56 Å². The number of benzene rings is 1. The third-order valence-corrected chi connectivity index (χ3v) is 5.97. The number of nitrogens with zero attached hydrogens (tertiary/aromatic N) is 4. The van der Waals surface area contributed by atoms with Gasteiger partial charge in [0, 0.05) is 19.2 Å². The van der Waals surface area contributed by atoms with Gasteiger partial charge >= 0.3 is 5.69 Å². The fourth-order valence-electron chi connectivity index (χ4n) is 4.15. The largest absolute Gasteiger partial charge is 0.331 e. The molecule has 0 amide bonds. The molecule has 0 unspecified atom stereocenters. The van der Waals surface area contributed by atoms with Crippen molar-refractivity contribution in [3.8, 4) is 0 Å². The minimum absolute atomic E-state index is 0.357. The monoisotopic (exact) mass is 411 g/mol. The van der Waals surface area contributed by atoms with Gasteiger partial charge in [-0.2, -0.15) is 4.98 Å². The Morgan fingerprint density at radius 1 is 1.13 bits per heavy atom. The van der Waals surface area contributed by atoms with Crippen molar-refractivity contribution in [3.63, 3.8) is 0 Å². The molecule has 1 aromatic carbocycles. The fourth-order valence-corrected chi connectivity index (χ4v) is 4.15. The van der Waals surface area contributed by atoms with Crippen molar-refractivity contribution in [2.75, 3.05) is 31.1 Å². The maximum atomic E-state index is 12.6. The number of aromatic nitrogens is 4. The summed E-state index contributed by atoms with van der Waals surface area (Å²) in [6, 6.07) is 10.6. The molecule has 1 saturated heterocycles. The second-order valence-corrected chi connectivity index (χ2v) is 8.64. The summed E-state index contributed by atoms with van der Waals surface area (Å²) in [6.07, 6.45) is 0.944. The molecular weight excluding hydrogens is 380 g/mol. The number of aromatic amines is 1. The van der Waals surface area contributed by atoms with Crippen molar-refractivity contribution in [1.29, 1.82) is 0 Å². The first-order chi connectivity index (χ1) is 14.4. The van der Waals surface area contributed by atoms with Crippen molar-refractivity contribution in [2.24, 2.45) is 13.0 Å². The van der Waals surface area contributed by atoms with E-state index in [1.165, 1.54) is 10.1 Å². The third-order valence-electron chi connectivity index (χ3n) is 5.97. The van der Waals surface area contributed by atoms with E-state index in [1.807, 2.05) is 10.6 Å². The summed E-state index contributed by atoms with van der Waals surface area (Å²) in [6.45, 7) is 9.84. The number of rotatable bonds is 6. The van der Waals surface area contributed by atoms with Gasteiger partial charge < -0.3 is 14.4 Å². The van der Waals surface area contributed by atoms with Crippen LogP contribution in [0.4, 0.5) is 5.95 Å². The first-order valence-corrected chi connectivity index (χ1v) is 10.8. The summed E-state index contributed by atoms with van der Waals surface area (Å²) in [5.41, 5.74) is 1.52. The Bertz CT molecular complexity index is 1120. The van der Waals surface area contributed by atoms with E-state index in [2.05, 4.69) is 48.0 Å². The molecule has 3 heterocycles. The molecule has 1 aliphatic heterocycles. The van der Waals surface area contributed by atoms with Gasteiger partial charge in [-0.1, -0.05) is 44.2 Å². The summed E-state index contributed by atoms with van der Waals surface area (Å²) in [4.78, 5) is 35.7. The number of fused-ring (bicyclic) bond motifs is 1. The van der Waals surface area contributed by atoms with E-state index in [0.29, 0.717) is 23.6 Å². The smallest absolute Gasteiger partial charge is 0.329 e. The molecule has 160 valence electrons. The van der Waals surface area contributed by atoms with E-state index in [4.69, 9.17) is 4.98 Å². The van der Waals surface area contributed by atoms with Crippen LogP contribution >= 0.6 is 0 Å². The van der Waals surface area contributed by atoms with Gasteiger partial charge in [0.25, 0.3) is 5.56 Å². The molecule has 0 saturated carbocycles. The second kappa shape index (κ2) is 8.47. The molecule has 2 N–H and O–H groups in total. The lowest BCUT2D eigenvalue weighted by Crippen LogP contribution is -3.13. The van der Waals surface area contributed by atoms with E-state index in [1.54, 1.807) is 11.9 Å². The molecule has 8 nitrogen and oxygen atoms in total. The van der Waals surface area contributed by atoms with Crippen LogP contribution in [0.1, 0.15) is 25.8 Å². The minimum Gasteiger partial charge on any atom is -0.331 e. The van der Waals surface area contributed by atoms with Crippen LogP contribution in [-0.2, 0) is 20.1 Å². The van der Waals surface area contributed by atoms with Gasteiger partial charge in [-0.15, -0.1) is 0 Å². The van der Waals surface area contributed by atoms with Crippen molar-refractivity contribution >= 4 is 17.1 Å². The molecule has 8 heteroatoms. The Morgan fingerprint density at radius 3 is 2.50 bits per heavy atom. The predicted octanol–water partition coefficient (Wildman–Crippen LogP) is 0.375. The molecule has 0 atom stereocenters. The van der Waals surface area contributed by atoms with Gasteiger partial charge in [-0.05, 0) is 12.3 Å². The molecule has 30 heavy (non-hydrogen) atoms. The molecule has 2 aromatic heterocycles. The van der Waals surface area contributed by atoms with Crippen LogP contribution in [0.3, 0.4) is 0 Å². The first kappa shape index (κ1) is 20.4. The van der Waals surface area contributed by atoms with Crippen LogP contribution in [0, 0.1) is 5.92 Å². The average molecular weight is 412 g/mol. The molecule has 1 fully saturated rings. The molecule has 0 spiro atoms. The number of piperazine rings is 1. The van der Waals surface area contributed by atoms with Crippen molar-refractivity contribution in [2.45, 2.75) is 33.4 Å². The number of H-pyrrole nitrogens is 1. The van der Waals surface area contributed by atoms with Gasteiger partial charge in [0.05, 0.1) is 26.2 Å². The lowest BCUT2D eigenvalue weighted by molar-refractivity contribution is -0.914. The SMILES string of the molecule is CC(C)CCn1c(N2CC[NH+](Cc3ccccc3)CC2)nc2c1c(=O)[nH]c(=O)n2C. The molecule has 1 aliphatic rings. The van der Waals surface area contributed by atoms with Crippen LogP contribution < -0.4 is 21.0 Å². The van der Waals surface area contributed by atoms with Crippen LogP contribution in [-0.4, -0.2) is 45.3 Å². The van der Waals surface area contributed by atoms with Crippen molar-refractivity contribution in [3.05, 3.63) is 56.7 Å². The average Bonchev–Trinajstić information content (AvgIpc) is 3.12. The predicted molar refractivity (Wildman–Crippen MR) is 118 cm³/mol. The highest BCUT2D eigenvalue weighted by Gasteiger charge is 2.26. The summed E-state index contributed by atoms with van der Waals surface area (Å²) < 4.78 is 3.44. The Hall–Kier alpha value is -2.87. The fraction of sp³-hybridized carbons (Fsp3) is 0.500. The quantitative estimate of drug-likeness (QED) is 0.614. The van der Waals surface area contributed by atoms with Gasteiger partial charge in [0.1, 0.15) is 6.54 Å². The highest BCUT2D eigenvalue weighted by Crippen LogP contribution is 2.21. The summed E-state index contributed by atoms with van der Waals surface area (Å²) in [5, 5.41) is 0. The standard InChI is InChI=1S/C22H30N6O2/c1-16(2)9-10-28-18-19(25(3)22(30)24-20(18)29)23-21(28)27-13-11-26(12-14-27)15-17-7-5-4-6-8-17/h4-8,16H,9-15H2,1-3H3,(H,24,29,30)/p+1. The highest BCUT2D eigenvalue weighted by molar-refractivity contribution is 5.74. The number of hydrogen-bond acceptors (Lipinski definition) is 4. The minimum atomic E-state index is -0.426.